The Kier molecular flexibility index (Phi) is 3.50. The molecule has 1 heteroatoms. The standard InChI is InChI=1S/C12H19P/c1-9(2)11-6-10(3)7-12(8-11)13(4)5/h6-9H,1-5H3. The van der Waals surface area contributed by atoms with Crippen LogP contribution in [0.15, 0.2) is 18.2 Å². The highest BCUT2D eigenvalue weighted by molar-refractivity contribution is 7.64. The third-order valence-electron chi connectivity index (χ3n) is 2.27. The highest BCUT2D eigenvalue weighted by Crippen LogP contribution is 2.26. The van der Waals surface area contributed by atoms with E-state index in [1.165, 1.54) is 16.4 Å². The van der Waals surface area contributed by atoms with Gasteiger partial charge in [-0.3, -0.25) is 0 Å². The predicted octanol–water partition coefficient (Wildman–Crippen LogP) is 3.49. The maximum atomic E-state index is 2.36. The van der Waals surface area contributed by atoms with Crippen LogP contribution in [0.25, 0.3) is 0 Å². The summed E-state index contributed by atoms with van der Waals surface area (Å²) >= 11 is 0. The topological polar surface area (TPSA) is 0 Å². The highest BCUT2D eigenvalue weighted by Gasteiger charge is 2.04. The van der Waals surface area contributed by atoms with Crippen molar-refractivity contribution in [3.05, 3.63) is 29.3 Å². The molecular formula is C12H19P. The van der Waals surface area contributed by atoms with Gasteiger partial charge in [0.05, 0.1) is 0 Å². The van der Waals surface area contributed by atoms with Crippen molar-refractivity contribution < 1.29 is 0 Å². The van der Waals surface area contributed by atoms with E-state index in [4.69, 9.17) is 0 Å². The first-order valence-electron chi connectivity index (χ1n) is 4.79. The highest BCUT2D eigenvalue weighted by atomic mass is 31.1. The van der Waals surface area contributed by atoms with E-state index in [0.29, 0.717) is 5.92 Å². The first-order chi connectivity index (χ1) is 6.00. The molecule has 0 nitrogen and oxygen atoms in total. The lowest BCUT2D eigenvalue weighted by atomic mass is 10.0. The first-order valence-corrected chi connectivity index (χ1v) is 7.03. The SMILES string of the molecule is Cc1cc(C(C)C)cc(P(C)C)c1. The van der Waals surface area contributed by atoms with Crippen LogP contribution in [0.1, 0.15) is 30.9 Å². The van der Waals surface area contributed by atoms with Gasteiger partial charge in [-0.1, -0.05) is 45.5 Å². The molecule has 0 aromatic heterocycles. The molecule has 1 rings (SSSR count). The van der Waals surface area contributed by atoms with Crippen LogP contribution in [0.4, 0.5) is 0 Å². The summed E-state index contributed by atoms with van der Waals surface area (Å²) in [6.07, 6.45) is 0. The molecule has 0 aliphatic carbocycles. The van der Waals surface area contributed by atoms with E-state index < -0.39 is 0 Å². The quantitative estimate of drug-likeness (QED) is 0.632. The molecule has 0 saturated carbocycles. The summed E-state index contributed by atoms with van der Waals surface area (Å²) in [5.41, 5.74) is 2.88. The van der Waals surface area contributed by atoms with Gasteiger partial charge in [0.2, 0.25) is 0 Å². The number of hydrogen-bond acceptors (Lipinski definition) is 0. The van der Waals surface area contributed by atoms with Crippen LogP contribution < -0.4 is 5.30 Å². The lowest BCUT2D eigenvalue weighted by molar-refractivity contribution is 0.866. The van der Waals surface area contributed by atoms with Crippen LogP contribution >= 0.6 is 7.92 Å². The number of hydrogen-bond donors (Lipinski definition) is 0. The lowest BCUT2D eigenvalue weighted by Gasteiger charge is -2.12. The van der Waals surface area contributed by atoms with E-state index in [0.717, 1.165) is 0 Å². The summed E-state index contributed by atoms with van der Waals surface area (Å²) < 4.78 is 0. The number of aryl methyl sites for hydroxylation is 1. The Morgan fingerprint density at radius 3 is 2.15 bits per heavy atom. The summed E-state index contributed by atoms with van der Waals surface area (Å²) in [4.78, 5) is 0. The van der Waals surface area contributed by atoms with E-state index in [2.05, 4.69) is 52.3 Å². The van der Waals surface area contributed by atoms with Crippen molar-refractivity contribution in [2.45, 2.75) is 26.7 Å². The summed E-state index contributed by atoms with van der Waals surface area (Å²) in [5, 5.41) is 1.53. The van der Waals surface area contributed by atoms with Gasteiger partial charge in [-0.15, -0.1) is 0 Å². The Labute approximate surface area is 83.1 Å². The Morgan fingerprint density at radius 1 is 1.08 bits per heavy atom. The smallest absolute Gasteiger partial charge is 0.0218 e. The largest absolute Gasteiger partial charge is 0.0817 e. The molecule has 0 N–H and O–H groups in total. The molecule has 0 aliphatic heterocycles. The normalized spacial score (nSPS) is 11.3. The minimum absolute atomic E-state index is 0.0472. The Hall–Kier alpha value is -0.350. The van der Waals surface area contributed by atoms with Crippen molar-refractivity contribution in [3.63, 3.8) is 0 Å². The zero-order chi connectivity index (χ0) is 10.0. The summed E-state index contributed by atoms with van der Waals surface area (Å²) in [6, 6.07) is 6.98. The summed E-state index contributed by atoms with van der Waals surface area (Å²) in [5.74, 6) is 0.647. The van der Waals surface area contributed by atoms with Crippen LogP contribution in [0.3, 0.4) is 0 Å². The minimum Gasteiger partial charge on any atom is -0.0817 e. The van der Waals surface area contributed by atoms with Gasteiger partial charge in [0, 0.05) is 0 Å². The Balaban J connectivity index is 3.11. The lowest BCUT2D eigenvalue weighted by Crippen LogP contribution is -2.03. The fraction of sp³-hybridized carbons (Fsp3) is 0.500. The third-order valence-corrected chi connectivity index (χ3v) is 3.56. The van der Waals surface area contributed by atoms with E-state index in [9.17, 15) is 0 Å². The first kappa shape index (κ1) is 10.7. The molecule has 0 saturated heterocycles. The Morgan fingerprint density at radius 2 is 1.69 bits per heavy atom. The zero-order valence-electron chi connectivity index (χ0n) is 9.26. The fourth-order valence-corrected chi connectivity index (χ4v) is 2.25. The maximum absolute atomic E-state index is 2.36. The number of benzene rings is 1. The van der Waals surface area contributed by atoms with Gasteiger partial charge in [-0.05, 0) is 37.0 Å². The van der Waals surface area contributed by atoms with E-state index in [1.807, 2.05) is 0 Å². The molecule has 0 fully saturated rings. The molecule has 0 amide bonds. The molecule has 0 spiro atoms. The molecule has 13 heavy (non-hydrogen) atoms. The molecule has 1 aromatic rings. The third kappa shape index (κ3) is 2.81. The fourth-order valence-electron chi connectivity index (χ4n) is 1.38. The second-order valence-corrected chi connectivity index (χ2v) is 6.46. The average Bonchev–Trinajstić information content (AvgIpc) is 2.03. The van der Waals surface area contributed by atoms with Crippen molar-refractivity contribution in [1.82, 2.24) is 0 Å². The second-order valence-electron chi connectivity index (χ2n) is 4.15. The van der Waals surface area contributed by atoms with Gasteiger partial charge in [0.1, 0.15) is 0 Å². The van der Waals surface area contributed by atoms with E-state index in [1.54, 1.807) is 0 Å². The van der Waals surface area contributed by atoms with Crippen molar-refractivity contribution in [3.8, 4) is 0 Å². The summed E-state index contributed by atoms with van der Waals surface area (Å²) in [6.45, 7) is 11.3. The van der Waals surface area contributed by atoms with Crippen LogP contribution in [0.2, 0.25) is 0 Å². The van der Waals surface area contributed by atoms with Gasteiger partial charge < -0.3 is 0 Å². The molecule has 72 valence electrons. The van der Waals surface area contributed by atoms with Crippen molar-refractivity contribution in [2.24, 2.45) is 0 Å². The van der Waals surface area contributed by atoms with Gasteiger partial charge >= 0.3 is 0 Å². The molecule has 0 radical (unpaired) electrons. The summed E-state index contributed by atoms with van der Waals surface area (Å²) in [7, 11) is 0.0472. The van der Waals surface area contributed by atoms with E-state index >= 15 is 0 Å². The van der Waals surface area contributed by atoms with Gasteiger partial charge in [0.15, 0.2) is 0 Å². The second kappa shape index (κ2) is 4.24. The van der Waals surface area contributed by atoms with Crippen molar-refractivity contribution in [1.29, 1.82) is 0 Å². The van der Waals surface area contributed by atoms with Crippen molar-refractivity contribution >= 4 is 13.2 Å². The molecule has 0 heterocycles. The van der Waals surface area contributed by atoms with Crippen LogP contribution in [-0.2, 0) is 0 Å². The van der Waals surface area contributed by atoms with E-state index in [-0.39, 0.29) is 7.92 Å². The van der Waals surface area contributed by atoms with Gasteiger partial charge in [-0.25, -0.2) is 0 Å². The van der Waals surface area contributed by atoms with Crippen LogP contribution in [0.5, 0.6) is 0 Å². The number of rotatable bonds is 2. The Bertz CT molecular complexity index is 261. The predicted molar refractivity (Wildman–Crippen MR) is 63.7 cm³/mol. The zero-order valence-corrected chi connectivity index (χ0v) is 10.2. The molecule has 1 aromatic carbocycles. The molecule has 0 aliphatic rings. The monoisotopic (exact) mass is 194 g/mol. The molecular weight excluding hydrogens is 175 g/mol. The van der Waals surface area contributed by atoms with Crippen LogP contribution in [-0.4, -0.2) is 13.3 Å². The van der Waals surface area contributed by atoms with Crippen LogP contribution in [0, 0.1) is 6.92 Å². The van der Waals surface area contributed by atoms with Crippen molar-refractivity contribution in [2.75, 3.05) is 13.3 Å². The van der Waals surface area contributed by atoms with Gasteiger partial charge in [-0.2, -0.15) is 0 Å². The molecule has 0 unspecified atom stereocenters. The molecule has 0 atom stereocenters. The van der Waals surface area contributed by atoms with Gasteiger partial charge in [0.25, 0.3) is 0 Å². The minimum atomic E-state index is 0.0472. The maximum Gasteiger partial charge on any atom is -0.0218 e. The average molecular weight is 194 g/mol. The molecule has 0 bridgehead atoms.